The molecule has 2 aromatic rings. The lowest BCUT2D eigenvalue weighted by Gasteiger charge is -2.33. The smallest absolute Gasteiger partial charge is 0.310 e. The van der Waals surface area contributed by atoms with Crippen LogP contribution in [0.5, 0.6) is 0 Å². The molecule has 0 unspecified atom stereocenters. The summed E-state index contributed by atoms with van der Waals surface area (Å²) in [5.74, 6) is -0.446. The van der Waals surface area contributed by atoms with E-state index in [1.165, 1.54) is 11.8 Å². The maximum Gasteiger partial charge on any atom is 0.310 e. The van der Waals surface area contributed by atoms with E-state index < -0.39 is 0 Å². The summed E-state index contributed by atoms with van der Waals surface area (Å²) in [6.07, 6.45) is 3.18. The first kappa shape index (κ1) is 16.5. The van der Waals surface area contributed by atoms with Gasteiger partial charge in [-0.2, -0.15) is 9.78 Å². The fourth-order valence-electron chi connectivity index (χ4n) is 2.95. The van der Waals surface area contributed by atoms with Crippen molar-refractivity contribution in [2.24, 2.45) is 5.92 Å². The number of piperidine rings is 1. The molecule has 1 saturated heterocycles. The molecule has 0 saturated carbocycles. The van der Waals surface area contributed by atoms with Gasteiger partial charge in [-0.15, -0.1) is 0 Å². The number of methoxy groups -OCH3 is 1. The molecule has 0 bridgehead atoms. The molecule has 0 spiro atoms. The van der Waals surface area contributed by atoms with Crippen LogP contribution in [0.15, 0.2) is 41.3 Å². The number of ether oxygens (including phenoxy) is 1. The molecule has 126 valence electrons. The third-order valence-corrected chi connectivity index (χ3v) is 4.55. The molecular formula is C17H18ClN3O3. The molecule has 6 nitrogen and oxygen atoms in total. The molecular weight excluding hydrogens is 330 g/mol. The van der Waals surface area contributed by atoms with Crippen molar-refractivity contribution in [3.63, 3.8) is 0 Å². The first-order valence-electron chi connectivity index (χ1n) is 7.78. The number of para-hydroxylation sites is 1. The van der Waals surface area contributed by atoms with Crippen LogP contribution in [0.2, 0.25) is 5.02 Å². The van der Waals surface area contributed by atoms with Gasteiger partial charge in [-0.1, -0.05) is 29.8 Å². The number of esters is 1. The Hall–Kier alpha value is -2.34. The van der Waals surface area contributed by atoms with Crippen LogP contribution >= 0.6 is 11.6 Å². The molecule has 0 radical (unpaired) electrons. The molecule has 2 heterocycles. The van der Waals surface area contributed by atoms with E-state index in [9.17, 15) is 9.59 Å². The largest absolute Gasteiger partial charge is 0.469 e. The summed E-state index contributed by atoms with van der Waals surface area (Å²) in [5.41, 5.74) is 0.838. The van der Waals surface area contributed by atoms with E-state index in [0.29, 0.717) is 17.9 Å². The number of anilines is 1. The Balaban J connectivity index is 1.91. The number of hydrogen-bond acceptors (Lipinski definition) is 5. The van der Waals surface area contributed by atoms with Gasteiger partial charge >= 0.3 is 5.97 Å². The summed E-state index contributed by atoms with van der Waals surface area (Å²) in [6.45, 7) is 1.20. The molecule has 7 heteroatoms. The third-order valence-electron chi connectivity index (χ3n) is 4.20. The molecule has 1 aromatic carbocycles. The second-order valence-electron chi connectivity index (χ2n) is 5.70. The van der Waals surface area contributed by atoms with Crippen LogP contribution in [0, 0.1) is 5.92 Å². The Morgan fingerprint density at radius 3 is 2.79 bits per heavy atom. The van der Waals surface area contributed by atoms with Crippen molar-refractivity contribution >= 4 is 23.3 Å². The molecule has 1 aliphatic heterocycles. The van der Waals surface area contributed by atoms with Gasteiger partial charge in [0.25, 0.3) is 5.56 Å². The van der Waals surface area contributed by atoms with Crippen LogP contribution in [0.25, 0.3) is 5.69 Å². The fraction of sp³-hybridized carbons (Fsp3) is 0.353. The molecule has 0 aliphatic carbocycles. The second kappa shape index (κ2) is 7.05. The van der Waals surface area contributed by atoms with Crippen molar-refractivity contribution in [3.05, 3.63) is 51.9 Å². The Morgan fingerprint density at radius 2 is 2.08 bits per heavy atom. The lowest BCUT2D eigenvalue weighted by atomic mass is 9.98. The normalized spacial score (nSPS) is 17.6. The molecule has 0 N–H and O–H groups in total. The van der Waals surface area contributed by atoms with Gasteiger partial charge in [0.05, 0.1) is 30.6 Å². The van der Waals surface area contributed by atoms with E-state index in [1.807, 2.05) is 23.1 Å². The highest BCUT2D eigenvalue weighted by molar-refractivity contribution is 6.33. The highest BCUT2D eigenvalue weighted by Crippen LogP contribution is 2.27. The zero-order valence-corrected chi connectivity index (χ0v) is 14.1. The van der Waals surface area contributed by atoms with E-state index in [4.69, 9.17) is 16.3 Å². The number of benzene rings is 1. The van der Waals surface area contributed by atoms with Gasteiger partial charge in [-0.05, 0) is 25.0 Å². The summed E-state index contributed by atoms with van der Waals surface area (Å²) in [4.78, 5) is 26.3. The van der Waals surface area contributed by atoms with Gasteiger partial charge in [0.2, 0.25) is 0 Å². The minimum Gasteiger partial charge on any atom is -0.469 e. The minimum atomic E-state index is -0.374. The topological polar surface area (TPSA) is 64.4 Å². The predicted octanol–water partition coefficient (Wildman–Crippen LogP) is 2.28. The molecule has 24 heavy (non-hydrogen) atoms. The number of nitrogens with zero attached hydrogens (tertiary/aromatic N) is 3. The zero-order valence-electron chi connectivity index (χ0n) is 13.3. The molecule has 1 atom stereocenters. The van der Waals surface area contributed by atoms with Gasteiger partial charge in [-0.3, -0.25) is 9.59 Å². The highest BCUT2D eigenvalue weighted by Gasteiger charge is 2.28. The van der Waals surface area contributed by atoms with Crippen LogP contribution < -0.4 is 10.5 Å². The zero-order chi connectivity index (χ0) is 17.1. The number of carbonyl (C=O) groups is 1. The highest BCUT2D eigenvalue weighted by atomic mass is 35.5. The van der Waals surface area contributed by atoms with Gasteiger partial charge in [-0.25, -0.2) is 0 Å². The van der Waals surface area contributed by atoms with Crippen molar-refractivity contribution in [3.8, 4) is 5.69 Å². The summed E-state index contributed by atoms with van der Waals surface area (Å²) in [5, 5.41) is 4.35. The van der Waals surface area contributed by atoms with Crippen molar-refractivity contribution in [1.29, 1.82) is 0 Å². The molecule has 1 aliphatic rings. The van der Waals surface area contributed by atoms with Crippen LogP contribution in [0.1, 0.15) is 12.8 Å². The van der Waals surface area contributed by atoms with E-state index in [1.54, 1.807) is 18.3 Å². The quantitative estimate of drug-likeness (QED) is 0.797. The summed E-state index contributed by atoms with van der Waals surface area (Å²) in [7, 11) is 1.39. The second-order valence-corrected chi connectivity index (χ2v) is 6.08. The number of carbonyl (C=O) groups excluding carboxylic acids is 1. The van der Waals surface area contributed by atoms with Crippen molar-refractivity contribution in [2.75, 3.05) is 25.1 Å². The van der Waals surface area contributed by atoms with Crippen LogP contribution in [0.4, 0.5) is 5.69 Å². The summed E-state index contributed by atoms with van der Waals surface area (Å²) in [6, 6.07) is 9.11. The van der Waals surface area contributed by atoms with Gasteiger partial charge in [0.1, 0.15) is 5.02 Å². The maximum atomic E-state index is 12.6. The maximum absolute atomic E-state index is 12.6. The van der Waals surface area contributed by atoms with E-state index >= 15 is 0 Å². The van der Waals surface area contributed by atoms with Crippen molar-refractivity contribution in [2.45, 2.75) is 12.8 Å². The number of rotatable bonds is 3. The Bertz CT molecular complexity index is 791. The Morgan fingerprint density at radius 1 is 1.33 bits per heavy atom. The van der Waals surface area contributed by atoms with E-state index in [2.05, 4.69) is 5.10 Å². The van der Waals surface area contributed by atoms with Crippen LogP contribution in [0.3, 0.4) is 0 Å². The summed E-state index contributed by atoms with van der Waals surface area (Å²) >= 11 is 6.31. The molecule has 1 fully saturated rings. The molecule has 3 rings (SSSR count). The Kier molecular flexibility index (Phi) is 4.85. The third kappa shape index (κ3) is 3.14. The van der Waals surface area contributed by atoms with Crippen LogP contribution in [-0.4, -0.2) is 35.9 Å². The average Bonchev–Trinajstić information content (AvgIpc) is 2.64. The number of hydrogen-bond donors (Lipinski definition) is 0. The lowest BCUT2D eigenvalue weighted by molar-refractivity contribution is -0.145. The minimum absolute atomic E-state index is 0.111. The first-order chi connectivity index (χ1) is 11.6. The van der Waals surface area contributed by atoms with E-state index in [-0.39, 0.29) is 22.5 Å². The summed E-state index contributed by atoms with van der Waals surface area (Å²) < 4.78 is 6.10. The molecule has 0 amide bonds. The predicted molar refractivity (Wildman–Crippen MR) is 91.8 cm³/mol. The Labute approximate surface area is 144 Å². The van der Waals surface area contributed by atoms with Gasteiger partial charge in [0.15, 0.2) is 0 Å². The standard InChI is InChI=1S/C17H18ClN3O3/c1-24-17(23)12-6-5-9-20(11-12)14-10-19-21(16(22)15(14)18)13-7-3-2-4-8-13/h2-4,7-8,10,12H,5-6,9,11H2,1H3/t12-/m0/s1. The van der Waals surface area contributed by atoms with Gasteiger partial charge < -0.3 is 9.64 Å². The fourth-order valence-corrected chi connectivity index (χ4v) is 3.20. The van der Waals surface area contributed by atoms with E-state index in [0.717, 1.165) is 19.4 Å². The SMILES string of the molecule is COC(=O)[C@H]1CCCN(c2cnn(-c3ccccc3)c(=O)c2Cl)C1. The first-order valence-corrected chi connectivity index (χ1v) is 8.15. The number of aromatic nitrogens is 2. The monoisotopic (exact) mass is 347 g/mol. The van der Waals surface area contributed by atoms with Crippen molar-refractivity contribution in [1.82, 2.24) is 9.78 Å². The van der Waals surface area contributed by atoms with Crippen LogP contribution in [-0.2, 0) is 9.53 Å². The van der Waals surface area contributed by atoms with Crippen molar-refractivity contribution < 1.29 is 9.53 Å². The average molecular weight is 348 g/mol. The number of halogens is 1. The van der Waals surface area contributed by atoms with Gasteiger partial charge in [0, 0.05) is 13.1 Å². The lowest BCUT2D eigenvalue weighted by Crippen LogP contribution is -2.40. The molecule has 1 aromatic heterocycles.